The van der Waals surface area contributed by atoms with E-state index in [0.29, 0.717) is 11.3 Å². The third kappa shape index (κ3) is 4.78. The molecule has 0 radical (unpaired) electrons. The van der Waals surface area contributed by atoms with Gasteiger partial charge in [0.1, 0.15) is 5.84 Å². The highest BCUT2D eigenvalue weighted by atomic mass is 32.2. The van der Waals surface area contributed by atoms with Crippen molar-refractivity contribution in [2.24, 2.45) is 22.2 Å². The summed E-state index contributed by atoms with van der Waals surface area (Å²) in [5.74, 6) is 3.57. The first-order chi connectivity index (χ1) is 7.08. The van der Waals surface area contributed by atoms with Gasteiger partial charge < -0.3 is 10.9 Å². The summed E-state index contributed by atoms with van der Waals surface area (Å²) in [4.78, 5) is 0. The van der Waals surface area contributed by atoms with Crippen LogP contribution >= 0.6 is 11.8 Å². The van der Waals surface area contributed by atoms with Crippen LogP contribution in [0.3, 0.4) is 0 Å². The molecule has 0 saturated heterocycles. The topological polar surface area (TPSA) is 58.6 Å². The van der Waals surface area contributed by atoms with Crippen LogP contribution in [0, 0.1) is 11.3 Å². The van der Waals surface area contributed by atoms with Gasteiger partial charge in [0, 0.05) is 6.42 Å². The molecule has 1 fully saturated rings. The molecule has 3 N–H and O–H groups in total. The van der Waals surface area contributed by atoms with Gasteiger partial charge in [0.15, 0.2) is 0 Å². The SMILES string of the molecule is CC(C)CCSCC1(CC(N)=NO)CC1. The minimum atomic E-state index is 0.359. The van der Waals surface area contributed by atoms with Crippen LogP contribution in [0.4, 0.5) is 0 Å². The molecule has 0 aromatic rings. The molecule has 3 nitrogen and oxygen atoms in total. The Kier molecular flexibility index (Phi) is 4.77. The molecular weight excluding hydrogens is 208 g/mol. The number of rotatable bonds is 7. The van der Waals surface area contributed by atoms with E-state index in [1.54, 1.807) is 0 Å². The Morgan fingerprint density at radius 3 is 2.67 bits per heavy atom. The van der Waals surface area contributed by atoms with E-state index in [0.717, 1.165) is 18.1 Å². The molecule has 1 rings (SSSR count). The van der Waals surface area contributed by atoms with Gasteiger partial charge in [0.05, 0.1) is 0 Å². The Balaban J connectivity index is 2.15. The standard InChI is InChI=1S/C11H22N2OS/c1-9(2)3-6-15-8-11(4-5-11)7-10(12)13-14/h9,14H,3-8H2,1-2H3,(H2,12,13). The second-order valence-corrected chi connectivity index (χ2v) is 6.11. The summed E-state index contributed by atoms with van der Waals surface area (Å²) >= 11 is 2.01. The zero-order chi connectivity index (χ0) is 11.3. The maximum Gasteiger partial charge on any atom is 0.139 e. The van der Waals surface area contributed by atoms with Crippen molar-refractivity contribution in [3.63, 3.8) is 0 Å². The first-order valence-electron chi connectivity index (χ1n) is 5.62. The van der Waals surface area contributed by atoms with E-state index in [1.807, 2.05) is 11.8 Å². The van der Waals surface area contributed by atoms with Gasteiger partial charge in [-0.3, -0.25) is 0 Å². The molecule has 0 aromatic heterocycles. The maximum atomic E-state index is 8.53. The van der Waals surface area contributed by atoms with Crippen molar-refractivity contribution in [3.8, 4) is 0 Å². The minimum Gasteiger partial charge on any atom is -0.409 e. The molecule has 15 heavy (non-hydrogen) atoms. The van der Waals surface area contributed by atoms with Crippen LogP contribution in [-0.4, -0.2) is 22.5 Å². The maximum absolute atomic E-state index is 8.53. The van der Waals surface area contributed by atoms with Crippen LogP contribution in [0.1, 0.15) is 39.5 Å². The highest BCUT2D eigenvalue weighted by Crippen LogP contribution is 2.51. The smallest absolute Gasteiger partial charge is 0.139 e. The highest BCUT2D eigenvalue weighted by Gasteiger charge is 2.42. The first kappa shape index (κ1) is 12.7. The van der Waals surface area contributed by atoms with E-state index in [9.17, 15) is 0 Å². The lowest BCUT2D eigenvalue weighted by Crippen LogP contribution is -2.19. The van der Waals surface area contributed by atoms with E-state index in [-0.39, 0.29) is 0 Å². The quantitative estimate of drug-likeness (QED) is 0.232. The monoisotopic (exact) mass is 230 g/mol. The zero-order valence-corrected chi connectivity index (χ0v) is 10.5. The summed E-state index contributed by atoms with van der Waals surface area (Å²) in [7, 11) is 0. The lowest BCUT2D eigenvalue weighted by molar-refractivity contribution is 0.315. The molecular formula is C11H22N2OS. The van der Waals surface area contributed by atoms with Gasteiger partial charge in [-0.15, -0.1) is 0 Å². The number of oxime groups is 1. The van der Waals surface area contributed by atoms with Crippen LogP contribution in [-0.2, 0) is 0 Å². The molecule has 0 unspecified atom stereocenters. The van der Waals surface area contributed by atoms with E-state index < -0.39 is 0 Å². The largest absolute Gasteiger partial charge is 0.409 e. The summed E-state index contributed by atoms with van der Waals surface area (Å²) in [6.45, 7) is 4.51. The third-order valence-corrected chi connectivity index (χ3v) is 4.23. The fourth-order valence-electron chi connectivity index (χ4n) is 1.58. The molecule has 4 heteroatoms. The van der Waals surface area contributed by atoms with Crippen molar-refractivity contribution in [3.05, 3.63) is 0 Å². The Morgan fingerprint density at radius 1 is 1.53 bits per heavy atom. The van der Waals surface area contributed by atoms with Crippen molar-refractivity contribution in [2.75, 3.05) is 11.5 Å². The second-order valence-electron chi connectivity index (χ2n) is 5.00. The molecule has 0 amide bonds. The van der Waals surface area contributed by atoms with Crippen molar-refractivity contribution in [1.29, 1.82) is 0 Å². The average molecular weight is 230 g/mol. The number of nitrogens with zero attached hydrogens (tertiary/aromatic N) is 1. The predicted octanol–water partition coefficient (Wildman–Crippen LogP) is 2.68. The van der Waals surface area contributed by atoms with Crippen molar-refractivity contribution in [1.82, 2.24) is 0 Å². The summed E-state index contributed by atoms with van der Waals surface area (Å²) in [5, 5.41) is 11.6. The Morgan fingerprint density at radius 2 is 2.20 bits per heavy atom. The van der Waals surface area contributed by atoms with Gasteiger partial charge in [-0.05, 0) is 42.1 Å². The van der Waals surface area contributed by atoms with Crippen molar-refractivity contribution >= 4 is 17.6 Å². The van der Waals surface area contributed by atoms with E-state index in [1.165, 1.54) is 25.0 Å². The zero-order valence-electron chi connectivity index (χ0n) is 9.70. The lowest BCUT2D eigenvalue weighted by atomic mass is 10.1. The van der Waals surface area contributed by atoms with Gasteiger partial charge >= 0.3 is 0 Å². The molecule has 1 saturated carbocycles. The Hall–Kier alpha value is -0.380. The van der Waals surface area contributed by atoms with Gasteiger partial charge in [0.2, 0.25) is 0 Å². The van der Waals surface area contributed by atoms with Crippen LogP contribution in [0.2, 0.25) is 0 Å². The van der Waals surface area contributed by atoms with Crippen LogP contribution in [0.5, 0.6) is 0 Å². The average Bonchev–Trinajstić information content (AvgIpc) is 2.93. The van der Waals surface area contributed by atoms with Crippen LogP contribution < -0.4 is 5.73 Å². The van der Waals surface area contributed by atoms with E-state index in [4.69, 9.17) is 10.9 Å². The Bertz CT molecular complexity index is 225. The van der Waals surface area contributed by atoms with E-state index in [2.05, 4.69) is 19.0 Å². The van der Waals surface area contributed by atoms with Gasteiger partial charge in [-0.2, -0.15) is 11.8 Å². The third-order valence-electron chi connectivity index (χ3n) is 2.89. The number of hydrogen-bond acceptors (Lipinski definition) is 3. The molecule has 0 heterocycles. The molecule has 0 atom stereocenters. The number of hydrogen-bond donors (Lipinski definition) is 2. The molecule has 1 aliphatic rings. The van der Waals surface area contributed by atoms with Crippen molar-refractivity contribution in [2.45, 2.75) is 39.5 Å². The number of thioether (sulfide) groups is 1. The lowest BCUT2D eigenvalue weighted by Gasteiger charge is -2.13. The van der Waals surface area contributed by atoms with E-state index >= 15 is 0 Å². The minimum absolute atomic E-state index is 0.359. The number of amidine groups is 1. The summed E-state index contributed by atoms with van der Waals surface area (Å²) in [6, 6.07) is 0. The highest BCUT2D eigenvalue weighted by molar-refractivity contribution is 7.99. The Labute approximate surface area is 96.5 Å². The summed E-state index contributed by atoms with van der Waals surface area (Å²) < 4.78 is 0. The van der Waals surface area contributed by atoms with Crippen LogP contribution in [0.25, 0.3) is 0 Å². The molecule has 88 valence electrons. The molecule has 0 aromatic carbocycles. The van der Waals surface area contributed by atoms with Gasteiger partial charge in [-0.1, -0.05) is 19.0 Å². The molecule has 1 aliphatic carbocycles. The van der Waals surface area contributed by atoms with Gasteiger partial charge in [-0.25, -0.2) is 0 Å². The predicted molar refractivity (Wildman–Crippen MR) is 66.5 cm³/mol. The van der Waals surface area contributed by atoms with Crippen LogP contribution in [0.15, 0.2) is 5.16 Å². The first-order valence-corrected chi connectivity index (χ1v) is 6.78. The molecule has 0 bridgehead atoms. The second kappa shape index (κ2) is 5.64. The fourth-order valence-corrected chi connectivity index (χ4v) is 3.18. The molecule has 0 spiro atoms. The fraction of sp³-hybridized carbons (Fsp3) is 0.909. The summed E-state index contributed by atoms with van der Waals surface area (Å²) in [6.07, 6.45) is 4.51. The number of nitrogens with two attached hydrogens (primary N) is 1. The normalized spacial score (nSPS) is 19.5. The summed E-state index contributed by atoms with van der Waals surface area (Å²) in [5.41, 5.74) is 5.90. The molecule has 0 aliphatic heterocycles. The van der Waals surface area contributed by atoms with Gasteiger partial charge in [0.25, 0.3) is 0 Å². The van der Waals surface area contributed by atoms with Crippen molar-refractivity contribution < 1.29 is 5.21 Å².